The van der Waals surface area contributed by atoms with E-state index in [0.717, 1.165) is 11.2 Å². The van der Waals surface area contributed by atoms with Gasteiger partial charge in [0, 0.05) is 26.4 Å². The SMILES string of the molecule is CC(C)(C)c1ccc2nc(-c3cc(C(C)(C)C)c4ccccc4c3)c3sc4ccccc4c3c2c1. The molecule has 2 heteroatoms. The summed E-state index contributed by atoms with van der Waals surface area (Å²) >= 11 is 1.87. The summed E-state index contributed by atoms with van der Waals surface area (Å²) in [4.78, 5) is 5.33. The van der Waals surface area contributed by atoms with Crippen LogP contribution in [0.3, 0.4) is 0 Å². The third kappa shape index (κ3) is 3.63. The van der Waals surface area contributed by atoms with Crippen LogP contribution in [-0.4, -0.2) is 4.98 Å². The van der Waals surface area contributed by atoms with Crippen LogP contribution in [0.1, 0.15) is 52.7 Å². The maximum absolute atomic E-state index is 5.33. The number of hydrogen-bond acceptors (Lipinski definition) is 2. The fourth-order valence-electron chi connectivity index (χ4n) is 5.21. The second kappa shape index (κ2) is 7.63. The van der Waals surface area contributed by atoms with Crippen molar-refractivity contribution in [2.24, 2.45) is 0 Å². The van der Waals surface area contributed by atoms with Gasteiger partial charge in [-0.25, -0.2) is 4.98 Å². The molecule has 0 saturated carbocycles. The van der Waals surface area contributed by atoms with Gasteiger partial charge >= 0.3 is 0 Å². The molecule has 4 aromatic carbocycles. The largest absolute Gasteiger partial charge is 0.246 e. The molecule has 0 amide bonds. The average Bonchev–Trinajstić information content (AvgIpc) is 3.21. The van der Waals surface area contributed by atoms with Crippen molar-refractivity contribution in [3.63, 3.8) is 0 Å². The standard InChI is InChI=1S/C33H31NS/c1-32(2,3)22-15-16-27-25(19-22)29-24-13-9-10-14-28(24)35-31(29)30(34-27)21-17-20-11-7-8-12-23(20)26(18-21)33(4,5)6/h7-19H,1-6H3. The lowest BCUT2D eigenvalue weighted by molar-refractivity contribution is 0.591. The highest BCUT2D eigenvalue weighted by Crippen LogP contribution is 2.44. The molecule has 0 saturated heterocycles. The second-order valence-corrected chi connectivity index (χ2v) is 12.8. The first-order valence-electron chi connectivity index (χ1n) is 12.4. The van der Waals surface area contributed by atoms with Crippen LogP contribution in [0.15, 0.2) is 78.9 Å². The van der Waals surface area contributed by atoms with Crippen molar-refractivity contribution in [1.82, 2.24) is 4.98 Å². The van der Waals surface area contributed by atoms with E-state index in [1.807, 2.05) is 11.3 Å². The van der Waals surface area contributed by atoms with E-state index >= 15 is 0 Å². The molecule has 35 heavy (non-hydrogen) atoms. The van der Waals surface area contributed by atoms with Crippen LogP contribution in [0.5, 0.6) is 0 Å². The Bertz CT molecular complexity index is 1760. The molecule has 0 unspecified atom stereocenters. The van der Waals surface area contributed by atoms with E-state index < -0.39 is 0 Å². The van der Waals surface area contributed by atoms with Crippen LogP contribution in [0, 0.1) is 0 Å². The van der Waals surface area contributed by atoms with Gasteiger partial charge in [-0.2, -0.15) is 0 Å². The highest BCUT2D eigenvalue weighted by atomic mass is 32.1. The molecular weight excluding hydrogens is 442 g/mol. The van der Waals surface area contributed by atoms with Gasteiger partial charge in [0.25, 0.3) is 0 Å². The molecule has 1 nitrogen and oxygen atoms in total. The summed E-state index contributed by atoms with van der Waals surface area (Å²) in [5.74, 6) is 0. The van der Waals surface area contributed by atoms with E-state index in [9.17, 15) is 0 Å². The van der Waals surface area contributed by atoms with E-state index in [1.54, 1.807) is 0 Å². The van der Waals surface area contributed by atoms with E-state index in [-0.39, 0.29) is 10.8 Å². The van der Waals surface area contributed by atoms with Crippen molar-refractivity contribution in [3.8, 4) is 11.3 Å². The van der Waals surface area contributed by atoms with Crippen molar-refractivity contribution in [2.75, 3.05) is 0 Å². The predicted octanol–water partition coefficient (Wildman–Crippen LogP) is 10.0. The van der Waals surface area contributed by atoms with Crippen LogP contribution in [-0.2, 0) is 10.8 Å². The molecule has 6 rings (SSSR count). The fourth-order valence-corrected chi connectivity index (χ4v) is 6.44. The van der Waals surface area contributed by atoms with Gasteiger partial charge in [0.2, 0.25) is 0 Å². The number of aromatic nitrogens is 1. The zero-order valence-corrected chi connectivity index (χ0v) is 22.2. The lowest BCUT2D eigenvalue weighted by atomic mass is 9.82. The van der Waals surface area contributed by atoms with Gasteiger partial charge in [-0.15, -0.1) is 11.3 Å². The first kappa shape index (κ1) is 22.2. The van der Waals surface area contributed by atoms with Gasteiger partial charge in [0.1, 0.15) is 0 Å². The van der Waals surface area contributed by atoms with E-state index in [1.165, 1.54) is 53.0 Å². The Labute approximate surface area is 211 Å². The minimum Gasteiger partial charge on any atom is -0.246 e. The summed E-state index contributed by atoms with van der Waals surface area (Å²) in [7, 11) is 0. The molecule has 2 heterocycles. The molecule has 174 valence electrons. The Morgan fingerprint density at radius 2 is 1.37 bits per heavy atom. The van der Waals surface area contributed by atoms with E-state index in [0.29, 0.717) is 0 Å². The summed E-state index contributed by atoms with van der Waals surface area (Å²) in [6, 6.07) is 29.1. The first-order valence-corrected chi connectivity index (χ1v) is 13.2. The molecule has 0 bridgehead atoms. The molecule has 0 N–H and O–H groups in total. The zero-order valence-electron chi connectivity index (χ0n) is 21.4. The number of benzene rings is 4. The van der Waals surface area contributed by atoms with Crippen molar-refractivity contribution in [3.05, 3.63) is 90.0 Å². The number of rotatable bonds is 1. The molecule has 0 radical (unpaired) electrons. The molecule has 0 fully saturated rings. The molecule has 2 aromatic heterocycles. The smallest absolute Gasteiger partial charge is 0.0888 e. The second-order valence-electron chi connectivity index (χ2n) is 11.7. The summed E-state index contributed by atoms with van der Waals surface area (Å²) in [6.07, 6.45) is 0. The fraction of sp³-hybridized carbons (Fsp3) is 0.242. The normalized spacial score (nSPS) is 12.9. The van der Waals surface area contributed by atoms with Crippen molar-refractivity contribution < 1.29 is 0 Å². The van der Waals surface area contributed by atoms with Crippen molar-refractivity contribution in [2.45, 2.75) is 52.4 Å². The third-order valence-electron chi connectivity index (χ3n) is 7.12. The molecular formula is C33H31NS. The lowest BCUT2D eigenvalue weighted by Gasteiger charge is -2.23. The van der Waals surface area contributed by atoms with E-state index in [2.05, 4.69) is 120 Å². The molecule has 0 aliphatic rings. The van der Waals surface area contributed by atoms with Gasteiger partial charge in [0.05, 0.1) is 15.9 Å². The zero-order chi connectivity index (χ0) is 24.5. The van der Waals surface area contributed by atoms with Gasteiger partial charge in [0.15, 0.2) is 0 Å². The molecule has 0 aliphatic carbocycles. The third-order valence-corrected chi connectivity index (χ3v) is 8.30. The van der Waals surface area contributed by atoms with Gasteiger partial charge in [-0.05, 0) is 63.1 Å². The number of pyridine rings is 1. The van der Waals surface area contributed by atoms with Crippen LogP contribution in [0.4, 0.5) is 0 Å². The van der Waals surface area contributed by atoms with Crippen LogP contribution in [0.25, 0.3) is 53.1 Å². The minimum absolute atomic E-state index is 0.0351. The number of thiophene rings is 1. The number of nitrogens with zero attached hydrogens (tertiary/aromatic N) is 1. The lowest BCUT2D eigenvalue weighted by Crippen LogP contribution is -2.12. The molecule has 0 spiro atoms. The molecule has 0 atom stereocenters. The summed E-state index contributed by atoms with van der Waals surface area (Å²) in [6.45, 7) is 13.7. The topological polar surface area (TPSA) is 12.9 Å². The Kier molecular flexibility index (Phi) is 4.85. The maximum atomic E-state index is 5.33. The van der Waals surface area contributed by atoms with Crippen LogP contribution in [0.2, 0.25) is 0 Å². The maximum Gasteiger partial charge on any atom is 0.0888 e. The van der Waals surface area contributed by atoms with Crippen molar-refractivity contribution >= 4 is 53.2 Å². The van der Waals surface area contributed by atoms with Gasteiger partial charge < -0.3 is 0 Å². The van der Waals surface area contributed by atoms with Crippen LogP contribution < -0.4 is 0 Å². The highest BCUT2D eigenvalue weighted by molar-refractivity contribution is 7.26. The summed E-state index contributed by atoms with van der Waals surface area (Å²) in [5, 5.41) is 6.51. The Hall–Kier alpha value is -3.23. The Morgan fingerprint density at radius 1 is 0.657 bits per heavy atom. The Balaban J connectivity index is 1.76. The first-order chi connectivity index (χ1) is 16.6. The van der Waals surface area contributed by atoms with Gasteiger partial charge in [-0.3, -0.25) is 0 Å². The quantitative estimate of drug-likeness (QED) is 0.231. The molecule has 0 aliphatic heterocycles. The minimum atomic E-state index is 0.0351. The van der Waals surface area contributed by atoms with Crippen molar-refractivity contribution in [1.29, 1.82) is 0 Å². The number of hydrogen-bond donors (Lipinski definition) is 0. The molecule has 6 aromatic rings. The van der Waals surface area contributed by atoms with Crippen LogP contribution >= 0.6 is 11.3 Å². The highest BCUT2D eigenvalue weighted by Gasteiger charge is 2.22. The van der Waals surface area contributed by atoms with E-state index in [4.69, 9.17) is 4.98 Å². The van der Waals surface area contributed by atoms with Gasteiger partial charge in [-0.1, -0.05) is 90.1 Å². The summed E-state index contributed by atoms with van der Waals surface area (Å²) in [5.41, 5.74) is 6.19. The predicted molar refractivity (Wildman–Crippen MR) is 155 cm³/mol. The average molecular weight is 474 g/mol. The summed E-state index contributed by atoms with van der Waals surface area (Å²) < 4.78 is 2.59. The Morgan fingerprint density at radius 3 is 2.11 bits per heavy atom. The monoisotopic (exact) mass is 473 g/mol. The number of fused-ring (bicyclic) bond motifs is 6.